The molecule has 0 saturated carbocycles. The molecule has 1 aromatic carbocycles. The lowest BCUT2D eigenvalue weighted by Crippen LogP contribution is -2.31. The number of rotatable bonds is 7. The van der Waals surface area contributed by atoms with Crippen LogP contribution in [-0.2, 0) is 11.2 Å². The Morgan fingerprint density at radius 3 is 2.84 bits per heavy atom. The van der Waals surface area contributed by atoms with Gasteiger partial charge >= 0.3 is 0 Å². The average Bonchev–Trinajstić information content (AvgIpc) is 3.54. The zero-order chi connectivity index (χ0) is 22.7. The Balaban J connectivity index is 1.43. The molecule has 0 unspecified atom stereocenters. The molecule has 1 aliphatic rings. The highest BCUT2D eigenvalue weighted by Gasteiger charge is 2.32. The second-order valence-corrected chi connectivity index (χ2v) is 9.26. The van der Waals surface area contributed by atoms with Crippen LogP contribution in [0.2, 0.25) is 0 Å². The molecule has 1 amide bonds. The molecular weight excluding hydrogens is 420 g/mol. The van der Waals surface area contributed by atoms with E-state index in [1.807, 2.05) is 42.3 Å². The lowest BCUT2D eigenvalue weighted by atomic mass is 10.0. The van der Waals surface area contributed by atoms with E-state index in [1.54, 1.807) is 17.4 Å². The highest BCUT2D eigenvalue weighted by atomic mass is 32.1. The predicted octanol–water partition coefficient (Wildman–Crippen LogP) is 5.50. The molecule has 0 N–H and O–H groups in total. The summed E-state index contributed by atoms with van der Waals surface area (Å²) in [6, 6.07) is 10.3. The van der Waals surface area contributed by atoms with Gasteiger partial charge in [0.25, 0.3) is 5.91 Å². The maximum absolute atomic E-state index is 13.1. The van der Waals surface area contributed by atoms with Crippen LogP contribution in [0.4, 0.5) is 0 Å². The van der Waals surface area contributed by atoms with Gasteiger partial charge in [-0.15, -0.1) is 21.5 Å². The van der Waals surface area contributed by atoms with Crippen molar-refractivity contribution in [1.29, 1.82) is 0 Å². The second-order valence-electron chi connectivity index (χ2n) is 8.37. The third-order valence-electron chi connectivity index (χ3n) is 5.69. The largest absolute Gasteiger partial charge is 0.421 e. The summed E-state index contributed by atoms with van der Waals surface area (Å²) in [6.07, 6.45) is 4.46. The zero-order valence-electron chi connectivity index (χ0n) is 18.7. The number of carbonyl (C=O) groups excluding carboxylic acids is 1. The van der Waals surface area contributed by atoms with E-state index < -0.39 is 0 Å². The number of benzene rings is 1. The topological polar surface area (TPSA) is 72.1 Å². The van der Waals surface area contributed by atoms with Gasteiger partial charge in [-0.05, 0) is 44.7 Å². The molecule has 0 bridgehead atoms. The van der Waals surface area contributed by atoms with Crippen molar-refractivity contribution in [1.82, 2.24) is 20.1 Å². The summed E-state index contributed by atoms with van der Waals surface area (Å²) in [5.74, 6) is 1.04. The molecule has 1 fully saturated rings. The highest BCUT2D eigenvalue weighted by Crippen LogP contribution is 2.35. The molecule has 1 saturated heterocycles. The second kappa shape index (κ2) is 9.61. The third kappa shape index (κ3) is 4.88. The Morgan fingerprint density at radius 2 is 2.12 bits per heavy atom. The monoisotopic (exact) mass is 448 g/mol. The molecular formula is C25H28N4O2S. The number of amides is 1. The van der Waals surface area contributed by atoms with E-state index in [0.717, 1.165) is 42.1 Å². The van der Waals surface area contributed by atoms with E-state index >= 15 is 0 Å². The minimum absolute atomic E-state index is 0.0282. The van der Waals surface area contributed by atoms with Gasteiger partial charge in [-0.1, -0.05) is 43.8 Å². The normalized spacial score (nSPS) is 17.5. The SMILES string of the molecule is C=C(/C=C(\C)c1nnc([C@@H](C)Cc2ccccc2)o1)C(=O)N1CCC[C@@H]1c1nc(C)cs1. The summed E-state index contributed by atoms with van der Waals surface area (Å²) in [5, 5.41) is 11.4. The minimum Gasteiger partial charge on any atom is -0.421 e. The Bertz CT molecular complexity index is 1130. The van der Waals surface area contributed by atoms with E-state index in [1.165, 1.54) is 5.56 Å². The van der Waals surface area contributed by atoms with Crippen LogP contribution in [0.3, 0.4) is 0 Å². The zero-order valence-corrected chi connectivity index (χ0v) is 19.6. The van der Waals surface area contributed by atoms with Gasteiger partial charge in [-0.3, -0.25) is 4.79 Å². The molecule has 1 aliphatic heterocycles. The van der Waals surface area contributed by atoms with Gasteiger partial charge in [0.05, 0.1) is 6.04 Å². The quantitative estimate of drug-likeness (QED) is 0.352. The van der Waals surface area contributed by atoms with Crippen LogP contribution in [0, 0.1) is 6.92 Å². The van der Waals surface area contributed by atoms with Crippen molar-refractivity contribution in [3.05, 3.63) is 82.0 Å². The maximum atomic E-state index is 13.1. The molecule has 4 rings (SSSR count). The number of hydrogen-bond acceptors (Lipinski definition) is 6. The van der Waals surface area contributed by atoms with Crippen LogP contribution in [0.5, 0.6) is 0 Å². The van der Waals surface area contributed by atoms with Crippen LogP contribution in [0.1, 0.15) is 66.7 Å². The molecule has 2 atom stereocenters. The van der Waals surface area contributed by atoms with Gasteiger partial charge in [0.2, 0.25) is 11.8 Å². The first-order valence-electron chi connectivity index (χ1n) is 10.9. The molecule has 2 aromatic heterocycles. The summed E-state index contributed by atoms with van der Waals surface area (Å²) < 4.78 is 5.91. The summed E-state index contributed by atoms with van der Waals surface area (Å²) >= 11 is 1.61. The molecule has 0 aliphatic carbocycles. The maximum Gasteiger partial charge on any atom is 0.253 e. The van der Waals surface area contributed by atoms with Gasteiger partial charge in [0.15, 0.2) is 0 Å². The van der Waals surface area contributed by atoms with Crippen LogP contribution in [-0.4, -0.2) is 32.5 Å². The van der Waals surface area contributed by atoms with E-state index in [4.69, 9.17) is 4.42 Å². The molecule has 0 spiro atoms. The van der Waals surface area contributed by atoms with Crippen molar-refractivity contribution in [3.63, 3.8) is 0 Å². The predicted molar refractivity (Wildman–Crippen MR) is 126 cm³/mol. The molecule has 7 heteroatoms. The smallest absolute Gasteiger partial charge is 0.253 e. The number of aryl methyl sites for hydroxylation is 1. The molecule has 32 heavy (non-hydrogen) atoms. The van der Waals surface area contributed by atoms with Crippen molar-refractivity contribution < 1.29 is 9.21 Å². The summed E-state index contributed by atoms with van der Waals surface area (Å²) in [4.78, 5) is 19.6. The number of aromatic nitrogens is 3. The number of nitrogens with zero attached hydrogens (tertiary/aromatic N) is 4. The van der Waals surface area contributed by atoms with Crippen LogP contribution in [0.15, 0.2) is 58.4 Å². The van der Waals surface area contributed by atoms with Crippen molar-refractivity contribution in [2.45, 2.75) is 52.0 Å². The summed E-state index contributed by atoms with van der Waals surface area (Å²) in [6.45, 7) is 10.7. The first-order valence-corrected chi connectivity index (χ1v) is 11.8. The summed E-state index contributed by atoms with van der Waals surface area (Å²) in [5.41, 5.74) is 3.36. The number of allylic oxidation sites excluding steroid dienone is 1. The van der Waals surface area contributed by atoms with Gasteiger partial charge < -0.3 is 9.32 Å². The number of thiazole rings is 1. The standard InChI is InChI=1S/C25H28N4O2S/c1-16(22-27-28-23(31-22)17(2)14-20-9-6-5-7-10-20)13-18(3)25(30)29-12-8-11-21(29)24-26-19(4)15-32-24/h5-7,9-10,13,15,17,21H,3,8,11-12,14H2,1-2,4H3/b16-13+/t17-,21+/m0/s1. The van der Waals surface area contributed by atoms with Crippen molar-refractivity contribution >= 4 is 22.8 Å². The Kier molecular flexibility index (Phi) is 6.65. The first kappa shape index (κ1) is 22.1. The van der Waals surface area contributed by atoms with Crippen LogP contribution >= 0.6 is 11.3 Å². The van der Waals surface area contributed by atoms with E-state index in [-0.39, 0.29) is 17.9 Å². The average molecular weight is 449 g/mol. The van der Waals surface area contributed by atoms with Gasteiger partial charge in [-0.25, -0.2) is 4.98 Å². The molecule has 0 radical (unpaired) electrons. The number of carbonyl (C=O) groups is 1. The highest BCUT2D eigenvalue weighted by molar-refractivity contribution is 7.09. The van der Waals surface area contributed by atoms with Crippen molar-refractivity contribution in [3.8, 4) is 0 Å². The van der Waals surface area contributed by atoms with Gasteiger partial charge in [0, 0.05) is 34.7 Å². The van der Waals surface area contributed by atoms with E-state index in [0.29, 0.717) is 17.4 Å². The number of hydrogen-bond donors (Lipinski definition) is 0. The molecule has 3 aromatic rings. The van der Waals surface area contributed by atoms with Crippen LogP contribution in [0.25, 0.3) is 5.57 Å². The fraction of sp³-hybridized carbons (Fsp3) is 0.360. The summed E-state index contributed by atoms with van der Waals surface area (Å²) in [7, 11) is 0. The lowest BCUT2D eigenvalue weighted by molar-refractivity contribution is -0.127. The fourth-order valence-corrected chi connectivity index (χ4v) is 4.95. The van der Waals surface area contributed by atoms with Gasteiger partial charge in [-0.2, -0.15) is 0 Å². The van der Waals surface area contributed by atoms with E-state index in [2.05, 4.69) is 40.8 Å². The lowest BCUT2D eigenvalue weighted by Gasteiger charge is -2.23. The van der Waals surface area contributed by atoms with Crippen LogP contribution < -0.4 is 0 Å². The van der Waals surface area contributed by atoms with Crippen molar-refractivity contribution in [2.75, 3.05) is 6.54 Å². The Hall–Kier alpha value is -3.06. The van der Waals surface area contributed by atoms with Crippen molar-refractivity contribution in [2.24, 2.45) is 0 Å². The number of likely N-dealkylation sites (tertiary alicyclic amines) is 1. The molecule has 3 heterocycles. The van der Waals surface area contributed by atoms with Gasteiger partial charge in [0.1, 0.15) is 5.01 Å². The Morgan fingerprint density at radius 1 is 1.34 bits per heavy atom. The van der Waals surface area contributed by atoms with E-state index in [9.17, 15) is 4.79 Å². The fourth-order valence-electron chi connectivity index (χ4n) is 4.01. The minimum atomic E-state index is -0.0723. The Labute approximate surface area is 192 Å². The molecule has 166 valence electrons. The first-order chi connectivity index (χ1) is 15.4. The third-order valence-corrected chi connectivity index (χ3v) is 6.75. The molecule has 6 nitrogen and oxygen atoms in total.